The van der Waals surface area contributed by atoms with Gasteiger partial charge in [-0.3, -0.25) is 19.6 Å². The van der Waals surface area contributed by atoms with Crippen molar-refractivity contribution in [3.05, 3.63) is 84.1 Å². The largest absolute Gasteiger partial charge is 0.473 e. The fraction of sp³-hybridized carbons (Fsp3) is 0.167. The summed E-state index contributed by atoms with van der Waals surface area (Å²) in [6.07, 6.45) is 1.68. The average molecular weight is 448 g/mol. The Morgan fingerprint density at radius 1 is 0.970 bits per heavy atom. The van der Waals surface area contributed by atoms with Crippen LogP contribution >= 0.6 is 0 Å². The highest BCUT2D eigenvalue weighted by Gasteiger charge is 2.33. The van der Waals surface area contributed by atoms with Crippen molar-refractivity contribution in [2.75, 3.05) is 14.1 Å². The third kappa shape index (κ3) is 5.72. The smallest absolute Gasteiger partial charge is 0.275 e. The zero-order valence-corrected chi connectivity index (χ0v) is 18.2. The Labute approximate surface area is 191 Å². The topological polar surface area (TPSA) is 121 Å². The van der Waals surface area contributed by atoms with E-state index in [9.17, 15) is 14.4 Å². The molecule has 1 aromatic heterocycles. The monoisotopic (exact) mass is 448 g/mol. The van der Waals surface area contributed by atoms with Crippen molar-refractivity contribution in [1.82, 2.24) is 20.7 Å². The molecule has 0 aliphatic carbocycles. The number of amides is 3. The molecular formula is C24H24N4O5. The summed E-state index contributed by atoms with van der Waals surface area (Å²) in [5.74, 6) is -1.79. The maximum Gasteiger partial charge on any atom is 0.275 e. The number of benzene rings is 2. The molecule has 1 atom stereocenters. The second kappa shape index (κ2) is 10.9. The number of hydrogen-bond acceptors (Lipinski definition) is 6. The maximum absolute atomic E-state index is 12.8. The number of pyridine rings is 1. The molecule has 2 aromatic carbocycles. The summed E-state index contributed by atoms with van der Waals surface area (Å²) >= 11 is 0. The maximum atomic E-state index is 12.8. The first-order chi connectivity index (χ1) is 15.9. The molecule has 170 valence electrons. The highest BCUT2D eigenvalue weighted by atomic mass is 16.5. The van der Waals surface area contributed by atoms with E-state index in [0.717, 1.165) is 21.6 Å². The molecule has 9 nitrogen and oxygen atoms in total. The van der Waals surface area contributed by atoms with Crippen molar-refractivity contribution in [3.8, 4) is 17.0 Å². The van der Waals surface area contributed by atoms with Gasteiger partial charge in [-0.1, -0.05) is 42.5 Å². The van der Waals surface area contributed by atoms with Crippen LogP contribution < -0.4 is 15.5 Å². The molecule has 0 aliphatic heterocycles. The van der Waals surface area contributed by atoms with Gasteiger partial charge in [0, 0.05) is 37.5 Å². The number of carbonyl (C=O) groups excluding carboxylic acids is 3. The van der Waals surface area contributed by atoms with Crippen LogP contribution in [0.3, 0.4) is 0 Å². The Kier molecular flexibility index (Phi) is 7.72. The number of carbonyl (C=O) groups is 3. The Hall–Kier alpha value is -4.24. The van der Waals surface area contributed by atoms with Crippen LogP contribution in [0.25, 0.3) is 11.1 Å². The predicted molar refractivity (Wildman–Crippen MR) is 120 cm³/mol. The highest BCUT2D eigenvalue weighted by Crippen LogP contribution is 2.22. The Balaban J connectivity index is 1.68. The summed E-state index contributed by atoms with van der Waals surface area (Å²) in [5, 5.41) is 11.2. The summed E-state index contributed by atoms with van der Waals surface area (Å²) in [4.78, 5) is 41.9. The molecular weight excluding hydrogens is 424 g/mol. The van der Waals surface area contributed by atoms with Gasteiger partial charge in [0.2, 0.25) is 5.88 Å². The second-order valence-electron chi connectivity index (χ2n) is 7.15. The van der Waals surface area contributed by atoms with E-state index < -0.39 is 23.8 Å². The number of rotatable bonds is 8. The van der Waals surface area contributed by atoms with Gasteiger partial charge in [0.25, 0.3) is 17.7 Å². The minimum absolute atomic E-state index is 0.275. The fourth-order valence-electron chi connectivity index (χ4n) is 3.16. The number of hydroxylamine groups is 1. The number of aromatic nitrogens is 1. The van der Waals surface area contributed by atoms with Crippen molar-refractivity contribution in [2.24, 2.45) is 0 Å². The molecule has 0 bridgehead atoms. The second-order valence-corrected chi connectivity index (χ2v) is 7.15. The van der Waals surface area contributed by atoms with E-state index in [1.54, 1.807) is 36.5 Å². The summed E-state index contributed by atoms with van der Waals surface area (Å²) in [6.45, 7) is 0.420. The lowest BCUT2D eigenvalue weighted by molar-refractivity contribution is -0.140. The number of likely N-dealkylation sites (N-methyl/N-ethyl adjacent to an activating group) is 2. The molecule has 0 aliphatic rings. The van der Waals surface area contributed by atoms with Gasteiger partial charge in [-0.05, 0) is 29.3 Å². The normalized spacial score (nSPS) is 11.2. The Morgan fingerprint density at radius 2 is 1.64 bits per heavy atom. The van der Waals surface area contributed by atoms with Gasteiger partial charge >= 0.3 is 0 Å². The van der Waals surface area contributed by atoms with E-state index in [0.29, 0.717) is 12.5 Å². The minimum Gasteiger partial charge on any atom is -0.473 e. The van der Waals surface area contributed by atoms with Crippen LogP contribution in [0.1, 0.15) is 15.9 Å². The third-order valence-corrected chi connectivity index (χ3v) is 4.99. The first-order valence-electron chi connectivity index (χ1n) is 10.1. The summed E-state index contributed by atoms with van der Waals surface area (Å²) in [5.41, 5.74) is 4.39. The highest BCUT2D eigenvalue weighted by molar-refractivity contribution is 6.08. The van der Waals surface area contributed by atoms with Gasteiger partial charge in [-0.25, -0.2) is 10.5 Å². The number of hydrogen-bond donors (Lipinski definition) is 3. The van der Waals surface area contributed by atoms with Gasteiger partial charge in [-0.15, -0.1) is 0 Å². The first-order valence-corrected chi connectivity index (χ1v) is 10.1. The van der Waals surface area contributed by atoms with E-state index in [2.05, 4.69) is 10.3 Å². The average Bonchev–Trinajstić information content (AvgIpc) is 2.87. The van der Waals surface area contributed by atoms with E-state index in [4.69, 9.17) is 9.94 Å². The first kappa shape index (κ1) is 23.4. The number of ether oxygens (including phenoxy) is 1. The SMILES string of the molecule is CNC(=O)C(C(=O)NO)N(C)C(=O)c1ccc(-c2ccc(OCc3ccccc3)nc2)cc1. The lowest BCUT2D eigenvalue weighted by Crippen LogP contribution is -2.54. The van der Waals surface area contributed by atoms with E-state index in [1.165, 1.54) is 19.6 Å². The zero-order chi connectivity index (χ0) is 23.8. The molecule has 33 heavy (non-hydrogen) atoms. The van der Waals surface area contributed by atoms with Crippen LogP contribution in [0.4, 0.5) is 0 Å². The van der Waals surface area contributed by atoms with Crippen LogP contribution in [0, 0.1) is 0 Å². The molecule has 0 radical (unpaired) electrons. The van der Waals surface area contributed by atoms with Gasteiger partial charge in [-0.2, -0.15) is 0 Å². The summed E-state index contributed by atoms with van der Waals surface area (Å²) < 4.78 is 5.69. The minimum atomic E-state index is -1.51. The van der Waals surface area contributed by atoms with Crippen molar-refractivity contribution >= 4 is 17.7 Å². The molecule has 0 fully saturated rings. The lowest BCUT2D eigenvalue weighted by atomic mass is 10.0. The number of nitrogens with one attached hydrogen (secondary N) is 2. The Bertz CT molecular complexity index is 1090. The molecule has 3 aromatic rings. The quantitative estimate of drug-likeness (QED) is 0.275. The zero-order valence-electron chi connectivity index (χ0n) is 18.2. The van der Waals surface area contributed by atoms with Crippen LogP contribution in [0.5, 0.6) is 5.88 Å². The standard InChI is InChI=1S/C24H24N4O5/c1-25-22(29)21(23(30)27-32)28(2)24(31)18-10-8-17(9-11-18)19-12-13-20(26-14-19)33-15-16-6-4-3-5-7-16/h3-14,21,32H,15H2,1-2H3,(H,25,29)(H,27,30). The molecule has 0 spiro atoms. The number of nitrogens with zero attached hydrogens (tertiary/aromatic N) is 2. The van der Waals surface area contributed by atoms with Crippen molar-refractivity contribution in [1.29, 1.82) is 0 Å². The van der Waals surface area contributed by atoms with Gasteiger partial charge in [0.15, 0.2) is 6.04 Å². The summed E-state index contributed by atoms with van der Waals surface area (Å²) in [7, 11) is 2.64. The van der Waals surface area contributed by atoms with Crippen molar-refractivity contribution in [3.63, 3.8) is 0 Å². The van der Waals surface area contributed by atoms with Crippen LogP contribution in [0.2, 0.25) is 0 Å². The van der Waals surface area contributed by atoms with Crippen molar-refractivity contribution < 1.29 is 24.3 Å². The predicted octanol–water partition coefficient (Wildman–Crippen LogP) is 2.02. The molecule has 3 amide bonds. The van der Waals surface area contributed by atoms with E-state index >= 15 is 0 Å². The van der Waals surface area contributed by atoms with E-state index in [-0.39, 0.29) is 5.56 Å². The van der Waals surface area contributed by atoms with Gasteiger partial charge in [0.05, 0.1) is 0 Å². The fourth-order valence-corrected chi connectivity index (χ4v) is 3.16. The van der Waals surface area contributed by atoms with E-state index in [1.807, 2.05) is 36.4 Å². The Morgan fingerprint density at radius 3 is 2.21 bits per heavy atom. The molecule has 3 N–H and O–H groups in total. The molecule has 0 saturated heterocycles. The summed E-state index contributed by atoms with van der Waals surface area (Å²) in [6, 6.07) is 18.6. The molecule has 1 unspecified atom stereocenters. The third-order valence-electron chi connectivity index (χ3n) is 4.99. The molecule has 0 saturated carbocycles. The van der Waals surface area contributed by atoms with Gasteiger partial charge in [0.1, 0.15) is 6.61 Å². The van der Waals surface area contributed by atoms with Crippen LogP contribution in [-0.2, 0) is 16.2 Å². The molecule has 9 heteroatoms. The molecule has 1 heterocycles. The lowest BCUT2D eigenvalue weighted by Gasteiger charge is -2.25. The van der Waals surface area contributed by atoms with Gasteiger partial charge < -0.3 is 15.0 Å². The van der Waals surface area contributed by atoms with Crippen LogP contribution in [-0.4, -0.2) is 52.9 Å². The molecule has 3 rings (SSSR count). The van der Waals surface area contributed by atoms with Crippen LogP contribution in [0.15, 0.2) is 72.9 Å². The van der Waals surface area contributed by atoms with Crippen molar-refractivity contribution in [2.45, 2.75) is 12.6 Å².